The maximum absolute atomic E-state index is 11.7. The van der Waals surface area contributed by atoms with Crippen LogP contribution in [0.15, 0.2) is 0 Å². The summed E-state index contributed by atoms with van der Waals surface area (Å²) in [5.41, 5.74) is 6.17. The lowest BCUT2D eigenvalue weighted by molar-refractivity contribution is -0.117. The number of hydrogen-bond acceptors (Lipinski definition) is 4. The molecule has 1 aromatic rings. The predicted octanol–water partition coefficient (Wildman–Crippen LogP) is 1.01. The molecule has 0 atom stereocenters. The standard InChI is InChI=1S/C9H11ClN4O/c1-4(2)14-6(15)3-5-7(10)12-9(11)13-8(5)14/h4H,3H2,1-2H3,(H2,11,12,13). The lowest BCUT2D eigenvalue weighted by atomic mass is 10.3. The maximum Gasteiger partial charge on any atom is 0.233 e. The van der Waals surface area contributed by atoms with Crippen molar-refractivity contribution in [1.82, 2.24) is 9.97 Å². The molecule has 1 aliphatic rings. The van der Waals surface area contributed by atoms with E-state index in [-0.39, 0.29) is 29.5 Å². The molecule has 80 valence electrons. The van der Waals surface area contributed by atoms with Crippen LogP contribution in [0, 0.1) is 0 Å². The molecule has 0 aliphatic carbocycles. The second kappa shape index (κ2) is 3.34. The Morgan fingerprint density at radius 1 is 1.47 bits per heavy atom. The SMILES string of the molecule is CC(C)N1C(=O)Cc2c(Cl)nc(N)nc21. The fourth-order valence-corrected chi connectivity index (χ4v) is 1.94. The summed E-state index contributed by atoms with van der Waals surface area (Å²) < 4.78 is 0. The third kappa shape index (κ3) is 1.52. The molecule has 0 aromatic carbocycles. The second-order valence-electron chi connectivity index (χ2n) is 3.71. The largest absolute Gasteiger partial charge is 0.368 e. The number of carbonyl (C=O) groups is 1. The molecule has 15 heavy (non-hydrogen) atoms. The fraction of sp³-hybridized carbons (Fsp3) is 0.444. The molecule has 1 aromatic heterocycles. The molecule has 1 amide bonds. The van der Waals surface area contributed by atoms with Gasteiger partial charge in [-0.05, 0) is 13.8 Å². The lowest BCUT2D eigenvalue weighted by Gasteiger charge is -2.20. The van der Waals surface area contributed by atoms with Crippen molar-refractivity contribution in [2.24, 2.45) is 0 Å². The highest BCUT2D eigenvalue weighted by Gasteiger charge is 2.33. The first-order chi connectivity index (χ1) is 7.00. The van der Waals surface area contributed by atoms with E-state index >= 15 is 0 Å². The first-order valence-corrected chi connectivity index (χ1v) is 5.02. The van der Waals surface area contributed by atoms with Crippen LogP contribution in [0.3, 0.4) is 0 Å². The molecular weight excluding hydrogens is 216 g/mol. The highest BCUT2D eigenvalue weighted by atomic mass is 35.5. The molecule has 5 nitrogen and oxygen atoms in total. The zero-order valence-electron chi connectivity index (χ0n) is 8.49. The third-order valence-electron chi connectivity index (χ3n) is 2.29. The van der Waals surface area contributed by atoms with E-state index in [0.29, 0.717) is 11.4 Å². The maximum atomic E-state index is 11.7. The van der Waals surface area contributed by atoms with Crippen molar-refractivity contribution in [2.75, 3.05) is 10.6 Å². The molecule has 2 N–H and O–H groups in total. The number of amides is 1. The van der Waals surface area contributed by atoms with E-state index in [2.05, 4.69) is 9.97 Å². The monoisotopic (exact) mass is 226 g/mol. The van der Waals surface area contributed by atoms with Gasteiger partial charge in [0.05, 0.1) is 6.42 Å². The van der Waals surface area contributed by atoms with E-state index in [1.54, 1.807) is 4.90 Å². The summed E-state index contributed by atoms with van der Waals surface area (Å²) in [5, 5.41) is 0.272. The number of halogens is 1. The number of nitrogen functional groups attached to an aromatic ring is 1. The Balaban J connectivity index is 2.58. The van der Waals surface area contributed by atoms with Crippen molar-refractivity contribution < 1.29 is 4.79 Å². The lowest BCUT2D eigenvalue weighted by Crippen LogP contribution is -2.34. The van der Waals surface area contributed by atoms with E-state index in [1.807, 2.05) is 13.8 Å². The van der Waals surface area contributed by atoms with Crippen LogP contribution in [0.2, 0.25) is 5.15 Å². The van der Waals surface area contributed by atoms with Crippen molar-refractivity contribution in [1.29, 1.82) is 0 Å². The van der Waals surface area contributed by atoms with Crippen LogP contribution in [0.25, 0.3) is 0 Å². The normalized spacial score (nSPS) is 14.9. The van der Waals surface area contributed by atoms with Gasteiger partial charge in [0, 0.05) is 11.6 Å². The minimum absolute atomic E-state index is 0.0122. The quantitative estimate of drug-likeness (QED) is 0.726. The van der Waals surface area contributed by atoms with E-state index in [0.717, 1.165) is 0 Å². The fourth-order valence-electron chi connectivity index (χ4n) is 1.70. The number of fused-ring (bicyclic) bond motifs is 1. The smallest absolute Gasteiger partial charge is 0.233 e. The van der Waals surface area contributed by atoms with Gasteiger partial charge < -0.3 is 5.73 Å². The van der Waals surface area contributed by atoms with Gasteiger partial charge in [-0.25, -0.2) is 4.98 Å². The number of nitrogens with two attached hydrogens (primary N) is 1. The first-order valence-electron chi connectivity index (χ1n) is 4.64. The Bertz CT molecular complexity index is 432. The Morgan fingerprint density at radius 3 is 2.73 bits per heavy atom. The number of carbonyl (C=O) groups excluding carboxylic acids is 1. The van der Waals surface area contributed by atoms with Gasteiger partial charge in [0.25, 0.3) is 0 Å². The third-order valence-corrected chi connectivity index (χ3v) is 2.61. The van der Waals surface area contributed by atoms with E-state index in [1.165, 1.54) is 0 Å². The zero-order chi connectivity index (χ0) is 11.2. The van der Waals surface area contributed by atoms with Gasteiger partial charge in [0.2, 0.25) is 11.9 Å². The number of anilines is 2. The number of rotatable bonds is 1. The number of hydrogen-bond donors (Lipinski definition) is 1. The van der Waals surface area contributed by atoms with Gasteiger partial charge in [0.15, 0.2) is 0 Å². The highest BCUT2D eigenvalue weighted by Crippen LogP contribution is 2.33. The van der Waals surface area contributed by atoms with Crippen LogP contribution < -0.4 is 10.6 Å². The minimum atomic E-state index is -0.0122. The van der Waals surface area contributed by atoms with Crippen molar-refractivity contribution >= 4 is 29.3 Å². The minimum Gasteiger partial charge on any atom is -0.368 e. The summed E-state index contributed by atoms with van der Waals surface area (Å²) in [4.78, 5) is 21.2. The van der Waals surface area contributed by atoms with Gasteiger partial charge in [-0.3, -0.25) is 9.69 Å². The number of aromatic nitrogens is 2. The van der Waals surface area contributed by atoms with Gasteiger partial charge in [-0.2, -0.15) is 4.98 Å². The average Bonchev–Trinajstić information content (AvgIpc) is 2.41. The molecule has 0 unspecified atom stereocenters. The van der Waals surface area contributed by atoms with Crippen molar-refractivity contribution in [3.8, 4) is 0 Å². The van der Waals surface area contributed by atoms with Crippen LogP contribution in [-0.2, 0) is 11.2 Å². The van der Waals surface area contributed by atoms with E-state index in [9.17, 15) is 4.79 Å². The topological polar surface area (TPSA) is 72.1 Å². The van der Waals surface area contributed by atoms with Crippen LogP contribution in [-0.4, -0.2) is 21.9 Å². The molecule has 0 saturated carbocycles. The Hall–Kier alpha value is -1.36. The van der Waals surface area contributed by atoms with Crippen LogP contribution in [0.4, 0.5) is 11.8 Å². The van der Waals surface area contributed by atoms with E-state index < -0.39 is 0 Å². The van der Waals surface area contributed by atoms with Crippen molar-refractivity contribution in [2.45, 2.75) is 26.3 Å². The van der Waals surface area contributed by atoms with Crippen LogP contribution in [0.5, 0.6) is 0 Å². The van der Waals surface area contributed by atoms with E-state index in [4.69, 9.17) is 17.3 Å². The predicted molar refractivity (Wildman–Crippen MR) is 57.8 cm³/mol. The van der Waals surface area contributed by atoms with Crippen molar-refractivity contribution in [3.63, 3.8) is 0 Å². The molecule has 2 rings (SSSR count). The first kappa shape index (κ1) is 10.2. The Kier molecular flexibility index (Phi) is 2.26. The molecule has 0 radical (unpaired) electrons. The van der Waals surface area contributed by atoms with Gasteiger partial charge in [0.1, 0.15) is 11.0 Å². The molecule has 0 fully saturated rings. The van der Waals surface area contributed by atoms with Gasteiger partial charge in [-0.1, -0.05) is 11.6 Å². The average molecular weight is 227 g/mol. The van der Waals surface area contributed by atoms with Crippen LogP contribution >= 0.6 is 11.6 Å². The molecular formula is C9H11ClN4O. The Morgan fingerprint density at radius 2 is 2.13 bits per heavy atom. The summed E-state index contributed by atoms with van der Waals surface area (Å²) in [6.07, 6.45) is 0.257. The summed E-state index contributed by atoms with van der Waals surface area (Å²) >= 11 is 5.90. The van der Waals surface area contributed by atoms with Gasteiger partial charge >= 0.3 is 0 Å². The van der Waals surface area contributed by atoms with Crippen molar-refractivity contribution in [3.05, 3.63) is 10.7 Å². The summed E-state index contributed by atoms with van der Waals surface area (Å²) in [7, 11) is 0. The summed E-state index contributed by atoms with van der Waals surface area (Å²) in [5.74, 6) is 0.633. The molecule has 0 bridgehead atoms. The van der Waals surface area contributed by atoms with Crippen LogP contribution in [0.1, 0.15) is 19.4 Å². The van der Waals surface area contributed by atoms with Gasteiger partial charge in [-0.15, -0.1) is 0 Å². The molecule has 6 heteroatoms. The molecule has 0 spiro atoms. The zero-order valence-corrected chi connectivity index (χ0v) is 9.25. The highest BCUT2D eigenvalue weighted by molar-refractivity contribution is 6.31. The molecule has 2 heterocycles. The molecule has 1 aliphatic heterocycles. The number of nitrogens with zero attached hydrogens (tertiary/aromatic N) is 3. The summed E-state index contributed by atoms with van der Waals surface area (Å²) in [6, 6.07) is 0.0455. The second-order valence-corrected chi connectivity index (χ2v) is 4.07. The summed E-state index contributed by atoms with van der Waals surface area (Å²) in [6.45, 7) is 3.83. The Labute approximate surface area is 92.3 Å². The molecule has 0 saturated heterocycles.